The van der Waals surface area contributed by atoms with Crippen molar-refractivity contribution in [3.05, 3.63) is 37.1 Å². The number of hydrogen-bond acceptors (Lipinski definition) is 3. The van der Waals surface area contributed by atoms with E-state index in [-0.39, 0.29) is 0 Å². The Hall–Kier alpha value is -1.84. The summed E-state index contributed by atoms with van der Waals surface area (Å²) in [5.74, 6) is 0.894. The van der Waals surface area contributed by atoms with Crippen LogP contribution in [0.25, 0.3) is 5.82 Å². The van der Waals surface area contributed by atoms with Crippen LogP contribution >= 0.6 is 0 Å². The Kier molecular flexibility index (Phi) is 5.41. The SMILES string of the molecule is CCCCCCCNc1ccc(-n2ccnc2)nc1. The highest BCUT2D eigenvalue weighted by atomic mass is 15.1. The topological polar surface area (TPSA) is 42.7 Å². The molecular formula is C15H22N4. The zero-order chi connectivity index (χ0) is 13.3. The van der Waals surface area contributed by atoms with E-state index >= 15 is 0 Å². The maximum Gasteiger partial charge on any atom is 0.137 e. The smallest absolute Gasteiger partial charge is 0.137 e. The highest BCUT2D eigenvalue weighted by Gasteiger charge is 1.97. The monoisotopic (exact) mass is 258 g/mol. The predicted molar refractivity (Wildman–Crippen MR) is 78.6 cm³/mol. The average molecular weight is 258 g/mol. The Morgan fingerprint density at radius 3 is 2.74 bits per heavy atom. The molecule has 2 heterocycles. The highest BCUT2D eigenvalue weighted by molar-refractivity contribution is 5.43. The maximum absolute atomic E-state index is 4.41. The summed E-state index contributed by atoms with van der Waals surface area (Å²) < 4.78 is 1.90. The number of hydrogen-bond donors (Lipinski definition) is 1. The second-order valence-electron chi connectivity index (χ2n) is 4.72. The van der Waals surface area contributed by atoms with Crippen LogP contribution in [0.3, 0.4) is 0 Å². The van der Waals surface area contributed by atoms with Gasteiger partial charge in [0.1, 0.15) is 12.1 Å². The quantitative estimate of drug-likeness (QED) is 0.735. The summed E-state index contributed by atoms with van der Waals surface area (Å²) in [5.41, 5.74) is 1.08. The molecule has 0 amide bonds. The number of nitrogens with zero attached hydrogens (tertiary/aromatic N) is 3. The van der Waals surface area contributed by atoms with Gasteiger partial charge in [0.05, 0.1) is 11.9 Å². The Bertz CT molecular complexity index is 448. The van der Waals surface area contributed by atoms with Crippen LogP contribution in [0.5, 0.6) is 0 Å². The van der Waals surface area contributed by atoms with Crippen molar-refractivity contribution in [2.75, 3.05) is 11.9 Å². The summed E-state index contributed by atoms with van der Waals surface area (Å²) in [6, 6.07) is 4.06. The van der Waals surface area contributed by atoms with Crippen LogP contribution in [0.15, 0.2) is 37.1 Å². The Labute approximate surface area is 114 Å². The summed E-state index contributed by atoms with van der Waals surface area (Å²) in [6.07, 6.45) is 13.8. The van der Waals surface area contributed by atoms with Crippen LogP contribution < -0.4 is 5.32 Å². The molecule has 19 heavy (non-hydrogen) atoms. The lowest BCUT2D eigenvalue weighted by Gasteiger charge is -2.07. The molecular weight excluding hydrogens is 236 g/mol. The van der Waals surface area contributed by atoms with Crippen molar-refractivity contribution < 1.29 is 0 Å². The van der Waals surface area contributed by atoms with Crippen LogP contribution in [-0.4, -0.2) is 21.1 Å². The van der Waals surface area contributed by atoms with Crippen molar-refractivity contribution in [2.45, 2.75) is 39.0 Å². The van der Waals surface area contributed by atoms with Crippen molar-refractivity contribution >= 4 is 5.69 Å². The number of imidazole rings is 1. The van der Waals surface area contributed by atoms with Crippen LogP contribution in [0.1, 0.15) is 39.0 Å². The fraction of sp³-hybridized carbons (Fsp3) is 0.467. The van der Waals surface area contributed by atoms with Gasteiger partial charge in [0.25, 0.3) is 0 Å². The van der Waals surface area contributed by atoms with Crippen molar-refractivity contribution in [2.24, 2.45) is 0 Å². The van der Waals surface area contributed by atoms with Crippen LogP contribution in [-0.2, 0) is 0 Å². The lowest BCUT2D eigenvalue weighted by atomic mass is 10.1. The van der Waals surface area contributed by atoms with Gasteiger partial charge in [0.15, 0.2) is 0 Å². The van der Waals surface area contributed by atoms with E-state index in [1.807, 2.05) is 23.0 Å². The molecule has 2 aromatic rings. The molecule has 0 saturated carbocycles. The van der Waals surface area contributed by atoms with E-state index in [1.54, 1.807) is 12.5 Å². The second-order valence-corrected chi connectivity index (χ2v) is 4.72. The summed E-state index contributed by atoms with van der Waals surface area (Å²) >= 11 is 0. The zero-order valence-electron chi connectivity index (χ0n) is 11.5. The molecule has 0 saturated heterocycles. The van der Waals surface area contributed by atoms with Crippen molar-refractivity contribution in [3.63, 3.8) is 0 Å². The zero-order valence-corrected chi connectivity index (χ0v) is 11.5. The third-order valence-corrected chi connectivity index (χ3v) is 3.13. The summed E-state index contributed by atoms with van der Waals surface area (Å²) in [6.45, 7) is 3.27. The molecule has 1 N–H and O–H groups in total. The van der Waals surface area contributed by atoms with Crippen molar-refractivity contribution in [3.8, 4) is 5.82 Å². The van der Waals surface area contributed by atoms with Crippen molar-refractivity contribution in [1.82, 2.24) is 14.5 Å². The number of rotatable bonds is 8. The second kappa shape index (κ2) is 7.56. The number of pyridine rings is 1. The molecule has 2 rings (SSSR count). The van der Waals surface area contributed by atoms with Gasteiger partial charge >= 0.3 is 0 Å². The molecule has 0 spiro atoms. The molecule has 0 aromatic carbocycles. The first-order valence-corrected chi connectivity index (χ1v) is 7.08. The van der Waals surface area contributed by atoms with Gasteiger partial charge in [-0.05, 0) is 18.6 Å². The fourth-order valence-electron chi connectivity index (χ4n) is 2.00. The number of aromatic nitrogens is 3. The minimum absolute atomic E-state index is 0.894. The third-order valence-electron chi connectivity index (χ3n) is 3.13. The molecule has 0 radical (unpaired) electrons. The molecule has 0 fully saturated rings. The van der Waals surface area contributed by atoms with E-state index in [0.717, 1.165) is 18.1 Å². The van der Waals surface area contributed by atoms with E-state index in [0.29, 0.717) is 0 Å². The summed E-state index contributed by atoms with van der Waals surface area (Å²) in [4.78, 5) is 8.42. The fourth-order valence-corrected chi connectivity index (χ4v) is 2.00. The molecule has 0 aliphatic carbocycles. The van der Waals surface area contributed by atoms with Crippen molar-refractivity contribution in [1.29, 1.82) is 0 Å². The van der Waals surface area contributed by atoms with Crippen LogP contribution in [0.2, 0.25) is 0 Å². The number of nitrogens with one attached hydrogen (secondary N) is 1. The highest BCUT2D eigenvalue weighted by Crippen LogP contribution is 2.10. The van der Waals surface area contributed by atoms with E-state index in [1.165, 1.54) is 32.1 Å². The average Bonchev–Trinajstić information content (AvgIpc) is 2.97. The van der Waals surface area contributed by atoms with Gasteiger partial charge in [-0.3, -0.25) is 4.57 Å². The summed E-state index contributed by atoms with van der Waals surface area (Å²) in [5, 5.41) is 3.41. The molecule has 0 unspecified atom stereocenters. The molecule has 0 aliphatic heterocycles. The molecule has 0 bridgehead atoms. The Balaban J connectivity index is 1.73. The number of anilines is 1. The van der Waals surface area contributed by atoms with E-state index in [9.17, 15) is 0 Å². The molecule has 4 nitrogen and oxygen atoms in total. The van der Waals surface area contributed by atoms with E-state index in [2.05, 4.69) is 28.3 Å². The summed E-state index contributed by atoms with van der Waals surface area (Å²) in [7, 11) is 0. The Morgan fingerprint density at radius 1 is 1.16 bits per heavy atom. The van der Waals surface area contributed by atoms with E-state index < -0.39 is 0 Å². The standard InChI is InChI=1S/C15H22N4/c1-2-3-4-5-6-9-17-14-7-8-15(18-12-14)19-11-10-16-13-19/h7-8,10-13,17H,2-6,9H2,1H3. The first kappa shape index (κ1) is 13.6. The van der Waals surface area contributed by atoms with Crippen LogP contribution in [0.4, 0.5) is 5.69 Å². The molecule has 0 atom stereocenters. The van der Waals surface area contributed by atoms with Gasteiger partial charge in [-0.25, -0.2) is 9.97 Å². The first-order chi connectivity index (χ1) is 9.40. The maximum atomic E-state index is 4.41. The van der Waals surface area contributed by atoms with Gasteiger partial charge in [0, 0.05) is 18.9 Å². The molecule has 0 aliphatic rings. The van der Waals surface area contributed by atoms with E-state index in [4.69, 9.17) is 0 Å². The third kappa shape index (κ3) is 4.39. The first-order valence-electron chi connectivity index (χ1n) is 7.08. The molecule has 2 aromatic heterocycles. The van der Waals surface area contributed by atoms with Gasteiger partial charge in [-0.2, -0.15) is 0 Å². The minimum atomic E-state index is 0.894. The number of unbranched alkanes of at least 4 members (excludes halogenated alkanes) is 4. The lowest BCUT2D eigenvalue weighted by Crippen LogP contribution is -2.02. The van der Waals surface area contributed by atoms with Crippen LogP contribution in [0, 0.1) is 0 Å². The van der Waals surface area contributed by atoms with Gasteiger partial charge < -0.3 is 5.32 Å². The molecule has 4 heteroatoms. The largest absolute Gasteiger partial charge is 0.384 e. The Morgan fingerprint density at radius 2 is 2.05 bits per heavy atom. The lowest BCUT2D eigenvalue weighted by molar-refractivity contribution is 0.645. The van der Waals surface area contributed by atoms with Gasteiger partial charge in [-0.15, -0.1) is 0 Å². The van der Waals surface area contributed by atoms with Gasteiger partial charge in [-0.1, -0.05) is 32.6 Å². The normalized spacial score (nSPS) is 10.6. The predicted octanol–water partition coefficient (Wildman–Crippen LogP) is 3.65. The minimum Gasteiger partial charge on any atom is -0.384 e. The van der Waals surface area contributed by atoms with Gasteiger partial charge in [0.2, 0.25) is 0 Å². The molecule has 102 valence electrons.